The van der Waals surface area contributed by atoms with Crippen molar-refractivity contribution < 1.29 is 28.6 Å². The Balaban J connectivity index is 1.59. The van der Waals surface area contributed by atoms with Crippen molar-refractivity contribution in [1.29, 1.82) is 0 Å². The number of hydrogen-bond donors (Lipinski definition) is 4. The molecule has 0 bridgehead atoms. The molecule has 0 amide bonds. The van der Waals surface area contributed by atoms with E-state index in [1.165, 1.54) is 6.07 Å². The van der Waals surface area contributed by atoms with Crippen molar-refractivity contribution in [1.82, 2.24) is 0 Å². The topological polar surface area (TPSA) is 99.4 Å². The Morgan fingerprint density at radius 3 is 0.868 bits per heavy atom. The molecule has 0 aliphatic heterocycles. The molecule has 194 valence electrons. The summed E-state index contributed by atoms with van der Waals surface area (Å²) in [4.78, 5) is 47.7. The Kier molecular flexibility index (Phi) is 6.58. The van der Waals surface area contributed by atoms with Gasteiger partial charge in [-0.25, -0.2) is 0 Å². The normalized spacial score (nSPS) is 13.9. The van der Waals surface area contributed by atoms with Gasteiger partial charge >= 0.3 is 221 Å². The van der Waals surface area contributed by atoms with Crippen molar-refractivity contribution in [3.05, 3.63) is 146 Å². The van der Waals surface area contributed by atoms with Gasteiger partial charge in [0.2, 0.25) is 0 Å². The van der Waals surface area contributed by atoms with Crippen molar-refractivity contribution >= 4 is 35.8 Å². The second kappa shape index (κ2) is 9.61. The van der Waals surface area contributed by atoms with Gasteiger partial charge < -0.3 is 0 Å². The Morgan fingerprint density at radius 1 is 0.342 bits per heavy atom. The van der Waals surface area contributed by atoms with Gasteiger partial charge in [0.25, 0.3) is 0 Å². The second-order valence-electron chi connectivity index (χ2n) is 8.89. The van der Waals surface area contributed by atoms with E-state index < -0.39 is 14.6 Å². The van der Waals surface area contributed by atoms with E-state index in [1.54, 1.807) is 140 Å². The average Bonchev–Trinajstić information content (AvgIpc) is 2.95. The summed E-state index contributed by atoms with van der Waals surface area (Å²) in [5, 5.41) is 0.865. The molecule has 0 spiro atoms. The molecule has 0 saturated carbocycles. The molecule has 0 fully saturated rings. The van der Waals surface area contributed by atoms with Crippen LogP contribution in [0.4, 0.5) is 0 Å². The first-order valence-corrected chi connectivity index (χ1v) is 16.1. The minimum atomic E-state index is -5.15. The van der Waals surface area contributed by atoms with Gasteiger partial charge in [-0.15, -0.1) is 0 Å². The van der Waals surface area contributed by atoms with Gasteiger partial charge in [-0.2, -0.15) is 0 Å². The molecule has 0 aliphatic rings. The maximum atomic E-state index is 11.9. The monoisotopic (exact) mass is 546 g/mol. The van der Waals surface area contributed by atoms with Gasteiger partial charge in [0, 0.05) is 0 Å². The summed E-state index contributed by atoms with van der Waals surface area (Å²) in [6.07, 6.45) is 0. The summed E-state index contributed by atoms with van der Waals surface area (Å²) in [7, 11) is -10.3. The first-order chi connectivity index (χ1) is 18.2. The Labute approximate surface area is 221 Å². The van der Waals surface area contributed by atoms with E-state index in [0.29, 0.717) is 0 Å². The van der Waals surface area contributed by atoms with Crippen LogP contribution in [0.5, 0.6) is 11.5 Å². The molecule has 6 nitrogen and oxygen atoms in total. The SMILES string of the molecule is OP(O)(Oc1cccc(OP(O)(O)(c2ccccc2)c2ccccc2)c1)(c1ccccc1)c1ccccc1. The van der Waals surface area contributed by atoms with Crippen LogP contribution in [0.3, 0.4) is 0 Å². The van der Waals surface area contributed by atoms with Gasteiger partial charge in [-0.05, 0) is 0 Å². The zero-order valence-corrected chi connectivity index (χ0v) is 22.1. The van der Waals surface area contributed by atoms with Gasteiger partial charge in [0.05, 0.1) is 0 Å². The predicted octanol–water partition coefficient (Wildman–Crippen LogP) is 4.31. The van der Waals surface area contributed by atoms with E-state index in [0.717, 1.165) is 0 Å². The molecular weight excluding hydrogens is 518 g/mol. The van der Waals surface area contributed by atoms with E-state index in [9.17, 15) is 19.6 Å². The number of rotatable bonds is 8. The fourth-order valence-corrected chi connectivity index (χ4v) is 9.17. The Morgan fingerprint density at radius 2 is 0.605 bits per heavy atom. The molecule has 0 aromatic heterocycles. The number of hydrogen-bond acceptors (Lipinski definition) is 6. The summed E-state index contributed by atoms with van der Waals surface area (Å²) in [6.45, 7) is 0. The van der Waals surface area contributed by atoms with Crippen molar-refractivity contribution in [2.75, 3.05) is 0 Å². The standard InChI is InChI=1S/C30H28O6P2/c31-37(32,27-16-5-1-6-17-27,28-18-7-2-8-19-28)35-25-14-13-15-26(24-25)36-38(33,34,29-20-9-3-10-21-29)30-22-11-4-12-23-30/h1-24,31-34H. The summed E-state index contributed by atoms with van der Waals surface area (Å²) in [5.41, 5.74) is 0. The Bertz CT molecular complexity index is 1330. The van der Waals surface area contributed by atoms with Crippen molar-refractivity contribution in [3.63, 3.8) is 0 Å². The number of benzene rings is 5. The van der Waals surface area contributed by atoms with Crippen molar-refractivity contribution in [2.24, 2.45) is 0 Å². The molecule has 0 heterocycles. The van der Waals surface area contributed by atoms with Gasteiger partial charge in [-0.3, -0.25) is 0 Å². The zero-order chi connectivity index (χ0) is 26.7. The fraction of sp³-hybridized carbons (Fsp3) is 0. The molecule has 0 aliphatic carbocycles. The van der Waals surface area contributed by atoms with Crippen LogP contribution in [0, 0.1) is 0 Å². The molecule has 4 N–H and O–H groups in total. The van der Waals surface area contributed by atoms with E-state index in [-0.39, 0.29) is 32.7 Å². The Hall–Kier alpha value is -3.60. The van der Waals surface area contributed by atoms with E-state index in [4.69, 9.17) is 9.05 Å². The van der Waals surface area contributed by atoms with Crippen molar-refractivity contribution in [2.45, 2.75) is 0 Å². The quantitative estimate of drug-likeness (QED) is 0.217. The van der Waals surface area contributed by atoms with E-state index in [2.05, 4.69) is 0 Å². The van der Waals surface area contributed by atoms with Crippen LogP contribution < -0.4 is 30.3 Å². The third kappa shape index (κ3) is 4.70. The summed E-state index contributed by atoms with van der Waals surface area (Å²) >= 11 is 0. The predicted molar refractivity (Wildman–Crippen MR) is 155 cm³/mol. The summed E-state index contributed by atoms with van der Waals surface area (Å²) < 4.78 is 12.1. The van der Waals surface area contributed by atoms with Crippen LogP contribution in [0.15, 0.2) is 146 Å². The first kappa shape index (κ1) is 26.0. The molecule has 0 radical (unpaired) electrons. The van der Waals surface area contributed by atoms with Crippen LogP contribution in [-0.4, -0.2) is 19.6 Å². The molecule has 0 unspecified atom stereocenters. The van der Waals surface area contributed by atoms with Gasteiger partial charge in [-0.1, -0.05) is 0 Å². The molecule has 8 heteroatoms. The third-order valence-corrected chi connectivity index (χ3v) is 12.3. The fourth-order valence-electron chi connectivity index (χ4n) is 4.28. The summed E-state index contributed by atoms with van der Waals surface area (Å²) in [6, 6.07) is 39.7. The molecule has 0 atom stereocenters. The van der Waals surface area contributed by atoms with Gasteiger partial charge in [0.15, 0.2) is 0 Å². The van der Waals surface area contributed by atoms with Crippen LogP contribution >= 0.6 is 14.6 Å². The van der Waals surface area contributed by atoms with E-state index >= 15 is 0 Å². The van der Waals surface area contributed by atoms with E-state index in [1.807, 2.05) is 0 Å². The molecule has 5 rings (SSSR count). The summed E-state index contributed by atoms with van der Waals surface area (Å²) in [5.74, 6) is 0.162. The molecule has 5 aromatic rings. The zero-order valence-electron chi connectivity index (χ0n) is 20.4. The van der Waals surface area contributed by atoms with Crippen LogP contribution in [0.2, 0.25) is 0 Å². The van der Waals surface area contributed by atoms with Gasteiger partial charge in [0.1, 0.15) is 0 Å². The molecular formula is C30H28O6P2. The maximum absolute atomic E-state index is 11.9. The first-order valence-electron chi connectivity index (χ1n) is 11.9. The second-order valence-corrected chi connectivity index (χ2v) is 15.1. The average molecular weight is 546 g/mol. The molecule has 5 aromatic carbocycles. The molecule has 38 heavy (non-hydrogen) atoms. The van der Waals surface area contributed by atoms with Crippen LogP contribution in [0.25, 0.3) is 0 Å². The molecule has 0 saturated heterocycles. The van der Waals surface area contributed by atoms with Crippen LogP contribution in [0.1, 0.15) is 0 Å². The van der Waals surface area contributed by atoms with Crippen molar-refractivity contribution in [3.8, 4) is 11.5 Å². The minimum absolute atomic E-state index is 0.0810. The van der Waals surface area contributed by atoms with Crippen LogP contribution in [-0.2, 0) is 0 Å². The third-order valence-electron chi connectivity index (χ3n) is 6.25.